The quantitative estimate of drug-likeness (QED) is 0.633. The molecule has 1 fully saturated rings. The van der Waals surface area contributed by atoms with Crippen LogP contribution in [0.5, 0.6) is 0 Å². The van der Waals surface area contributed by atoms with Crippen molar-refractivity contribution in [1.82, 2.24) is 10.2 Å². The molecular weight excluding hydrogens is 308 g/mol. The monoisotopic (exact) mass is 328 g/mol. The number of anilines is 1. The lowest BCUT2D eigenvalue weighted by Gasteiger charge is -2.34. The van der Waals surface area contributed by atoms with E-state index in [2.05, 4.69) is 10.6 Å². The van der Waals surface area contributed by atoms with Crippen LogP contribution in [0.1, 0.15) is 13.3 Å². The summed E-state index contributed by atoms with van der Waals surface area (Å²) >= 11 is 0. The van der Waals surface area contributed by atoms with E-state index in [0.29, 0.717) is 25.2 Å². The number of carbonyl (C=O) groups is 1. The van der Waals surface area contributed by atoms with E-state index in [1.807, 2.05) is 11.8 Å². The van der Waals surface area contributed by atoms with Gasteiger partial charge in [0.15, 0.2) is 0 Å². The van der Waals surface area contributed by atoms with Gasteiger partial charge >= 0.3 is 0 Å². The molecule has 1 aliphatic rings. The van der Waals surface area contributed by atoms with Crippen molar-refractivity contribution in [3.8, 4) is 0 Å². The first-order chi connectivity index (χ1) is 10.1. The molecule has 0 spiro atoms. The SMILES string of the molecule is C[C@H]1CNCCN1C(=O)CCNc1ccccc1[N+](=O)[O-].Cl. The lowest BCUT2D eigenvalue weighted by Crippen LogP contribution is -2.52. The number of benzene rings is 1. The molecule has 0 bridgehead atoms. The predicted octanol–water partition coefficient (Wildman–Crippen LogP) is 1.64. The van der Waals surface area contributed by atoms with Gasteiger partial charge in [-0.1, -0.05) is 12.1 Å². The molecule has 7 nitrogen and oxygen atoms in total. The van der Waals surface area contributed by atoms with Crippen LogP contribution in [0.2, 0.25) is 0 Å². The largest absolute Gasteiger partial charge is 0.379 e. The zero-order valence-corrected chi connectivity index (χ0v) is 13.3. The Morgan fingerprint density at radius 3 is 2.91 bits per heavy atom. The van der Waals surface area contributed by atoms with Gasteiger partial charge in [0.05, 0.1) is 4.92 Å². The smallest absolute Gasteiger partial charge is 0.292 e. The van der Waals surface area contributed by atoms with Crippen LogP contribution in [0, 0.1) is 10.1 Å². The Kier molecular flexibility index (Phi) is 7.07. The van der Waals surface area contributed by atoms with Gasteiger partial charge in [-0.15, -0.1) is 12.4 Å². The first-order valence-electron chi connectivity index (χ1n) is 7.07. The summed E-state index contributed by atoms with van der Waals surface area (Å²) in [6.45, 7) is 4.74. The average Bonchev–Trinajstić information content (AvgIpc) is 2.48. The molecular formula is C14H21ClN4O3. The molecule has 8 heteroatoms. The summed E-state index contributed by atoms with van der Waals surface area (Å²) in [5.41, 5.74) is 0.476. The summed E-state index contributed by atoms with van der Waals surface area (Å²) in [7, 11) is 0. The Labute approximate surface area is 135 Å². The Morgan fingerprint density at radius 2 is 2.23 bits per heavy atom. The van der Waals surface area contributed by atoms with Crippen LogP contribution < -0.4 is 10.6 Å². The van der Waals surface area contributed by atoms with Crippen LogP contribution in [-0.4, -0.2) is 48.0 Å². The first-order valence-corrected chi connectivity index (χ1v) is 7.07. The van der Waals surface area contributed by atoms with Gasteiger partial charge in [0, 0.05) is 44.7 Å². The highest BCUT2D eigenvalue weighted by molar-refractivity contribution is 5.85. The minimum Gasteiger partial charge on any atom is -0.379 e. The molecule has 1 saturated heterocycles. The highest BCUT2D eigenvalue weighted by Gasteiger charge is 2.22. The summed E-state index contributed by atoms with van der Waals surface area (Å²) in [6.07, 6.45) is 0.330. The Balaban J connectivity index is 0.00000242. The number of nitrogens with zero attached hydrogens (tertiary/aromatic N) is 2. The van der Waals surface area contributed by atoms with Crippen molar-refractivity contribution in [3.63, 3.8) is 0 Å². The van der Waals surface area contributed by atoms with Crippen molar-refractivity contribution in [2.75, 3.05) is 31.5 Å². The van der Waals surface area contributed by atoms with Crippen molar-refractivity contribution in [2.45, 2.75) is 19.4 Å². The molecule has 1 aliphatic heterocycles. The number of amides is 1. The van der Waals surface area contributed by atoms with Crippen LogP contribution in [0.15, 0.2) is 24.3 Å². The van der Waals surface area contributed by atoms with Gasteiger partial charge in [-0.2, -0.15) is 0 Å². The maximum atomic E-state index is 12.1. The molecule has 1 atom stereocenters. The van der Waals surface area contributed by atoms with Crippen LogP contribution in [0.4, 0.5) is 11.4 Å². The lowest BCUT2D eigenvalue weighted by atomic mass is 10.2. The highest BCUT2D eigenvalue weighted by atomic mass is 35.5. The topological polar surface area (TPSA) is 87.5 Å². The summed E-state index contributed by atoms with van der Waals surface area (Å²) in [5, 5.41) is 17.1. The number of nitro benzene ring substituents is 1. The molecule has 1 aromatic carbocycles. The molecule has 2 rings (SSSR count). The normalized spacial score (nSPS) is 17.5. The van der Waals surface area contributed by atoms with E-state index in [-0.39, 0.29) is 30.0 Å². The third kappa shape index (κ3) is 4.57. The maximum Gasteiger partial charge on any atom is 0.292 e. The van der Waals surface area contributed by atoms with E-state index in [1.54, 1.807) is 18.2 Å². The van der Waals surface area contributed by atoms with Gasteiger partial charge in [0.1, 0.15) is 5.69 Å². The molecule has 2 N–H and O–H groups in total. The maximum absolute atomic E-state index is 12.1. The van der Waals surface area contributed by atoms with Gasteiger partial charge in [-0.05, 0) is 13.0 Å². The summed E-state index contributed by atoms with van der Waals surface area (Å²) in [4.78, 5) is 24.5. The van der Waals surface area contributed by atoms with E-state index in [9.17, 15) is 14.9 Å². The second-order valence-electron chi connectivity index (χ2n) is 5.09. The van der Waals surface area contributed by atoms with Crippen LogP contribution in [0.25, 0.3) is 0 Å². The summed E-state index contributed by atoms with van der Waals surface area (Å²) in [6, 6.07) is 6.64. The van der Waals surface area contributed by atoms with Crippen molar-refractivity contribution < 1.29 is 9.72 Å². The second kappa shape index (κ2) is 8.55. The molecule has 1 amide bonds. The highest BCUT2D eigenvalue weighted by Crippen LogP contribution is 2.22. The zero-order valence-electron chi connectivity index (χ0n) is 12.4. The number of rotatable bonds is 5. The number of nitrogens with one attached hydrogen (secondary N) is 2. The molecule has 0 aliphatic carbocycles. The van der Waals surface area contributed by atoms with Crippen LogP contribution in [0.3, 0.4) is 0 Å². The minimum atomic E-state index is -0.428. The molecule has 0 aromatic heterocycles. The fourth-order valence-corrected chi connectivity index (χ4v) is 2.44. The summed E-state index contributed by atoms with van der Waals surface area (Å²) < 4.78 is 0. The number of piperazine rings is 1. The Morgan fingerprint density at radius 1 is 1.50 bits per heavy atom. The van der Waals surface area contributed by atoms with Crippen molar-refractivity contribution in [1.29, 1.82) is 0 Å². The first kappa shape index (κ1) is 18.2. The van der Waals surface area contributed by atoms with Crippen molar-refractivity contribution in [2.24, 2.45) is 0 Å². The Hall–Kier alpha value is -1.86. The van der Waals surface area contributed by atoms with Crippen LogP contribution in [-0.2, 0) is 4.79 Å². The number of para-hydroxylation sites is 2. The van der Waals surface area contributed by atoms with Crippen molar-refractivity contribution in [3.05, 3.63) is 34.4 Å². The van der Waals surface area contributed by atoms with Crippen molar-refractivity contribution >= 4 is 29.7 Å². The molecule has 0 unspecified atom stereocenters. The van der Waals surface area contributed by atoms with Gasteiger partial charge in [0.2, 0.25) is 5.91 Å². The number of hydrogen-bond donors (Lipinski definition) is 2. The third-order valence-electron chi connectivity index (χ3n) is 3.58. The predicted molar refractivity (Wildman–Crippen MR) is 87.5 cm³/mol. The van der Waals surface area contributed by atoms with Gasteiger partial charge < -0.3 is 15.5 Å². The third-order valence-corrected chi connectivity index (χ3v) is 3.58. The van der Waals surface area contributed by atoms with E-state index in [0.717, 1.165) is 13.1 Å². The molecule has 22 heavy (non-hydrogen) atoms. The lowest BCUT2D eigenvalue weighted by molar-refractivity contribution is -0.384. The average molecular weight is 329 g/mol. The van der Waals surface area contributed by atoms with Gasteiger partial charge in [0.25, 0.3) is 5.69 Å². The molecule has 0 radical (unpaired) electrons. The second-order valence-corrected chi connectivity index (χ2v) is 5.09. The van der Waals surface area contributed by atoms with E-state index >= 15 is 0 Å². The Bertz CT molecular complexity index is 527. The van der Waals surface area contributed by atoms with Gasteiger partial charge in [-0.25, -0.2) is 0 Å². The molecule has 1 heterocycles. The van der Waals surface area contributed by atoms with E-state index < -0.39 is 4.92 Å². The van der Waals surface area contributed by atoms with Gasteiger partial charge in [-0.3, -0.25) is 14.9 Å². The van der Waals surface area contributed by atoms with Crippen LogP contribution >= 0.6 is 12.4 Å². The molecule has 1 aromatic rings. The fraction of sp³-hybridized carbons (Fsp3) is 0.500. The molecule has 0 saturated carbocycles. The number of nitro groups is 1. The van der Waals surface area contributed by atoms with E-state index in [1.165, 1.54) is 6.07 Å². The number of hydrogen-bond acceptors (Lipinski definition) is 5. The van der Waals surface area contributed by atoms with E-state index in [4.69, 9.17) is 0 Å². The summed E-state index contributed by atoms with van der Waals surface area (Å²) in [5.74, 6) is 0.0788. The number of carbonyl (C=O) groups excluding carboxylic acids is 1. The zero-order chi connectivity index (χ0) is 15.2. The number of halogens is 1. The molecule has 122 valence electrons. The fourth-order valence-electron chi connectivity index (χ4n) is 2.44. The minimum absolute atomic E-state index is 0. The standard InChI is InChI=1S/C14H20N4O3.ClH/c1-11-10-15-8-9-17(11)14(19)6-7-16-12-4-2-3-5-13(12)18(20)21;/h2-5,11,15-16H,6-10H2,1H3;1H/t11-;/m0./s1.